The van der Waals surface area contributed by atoms with Gasteiger partial charge in [0, 0.05) is 31.4 Å². The number of carbonyl (C=O) groups excluding carboxylic acids is 1. The second-order valence-corrected chi connectivity index (χ2v) is 12.1. The summed E-state index contributed by atoms with van der Waals surface area (Å²) in [6, 6.07) is 6.92. The van der Waals surface area contributed by atoms with Crippen molar-refractivity contribution in [2.75, 3.05) is 45.6 Å². The number of hydrogen-bond donors (Lipinski definition) is 3. The quantitative estimate of drug-likeness (QED) is 0.586. The van der Waals surface area contributed by atoms with Crippen LogP contribution in [0.1, 0.15) is 61.5 Å². The Morgan fingerprint density at radius 1 is 1.17 bits per heavy atom. The third-order valence-electron chi connectivity index (χ3n) is 7.67. The van der Waals surface area contributed by atoms with Crippen molar-refractivity contribution in [3.8, 4) is 0 Å². The van der Waals surface area contributed by atoms with Gasteiger partial charge in [-0.15, -0.1) is 0 Å². The second kappa shape index (κ2) is 9.29. The maximum Gasteiger partial charge on any atom is 0.258 e. The van der Waals surface area contributed by atoms with Gasteiger partial charge in [-0.3, -0.25) is 9.52 Å². The number of benzene rings is 1. The molecular weight excluding hydrogens is 464 g/mol. The van der Waals surface area contributed by atoms with E-state index in [-0.39, 0.29) is 11.7 Å². The number of carbonyl (C=O) groups is 1. The number of rotatable bonds is 3. The summed E-state index contributed by atoms with van der Waals surface area (Å²) >= 11 is 0. The highest BCUT2D eigenvalue weighted by molar-refractivity contribution is 7.92. The van der Waals surface area contributed by atoms with Gasteiger partial charge in [0.25, 0.3) is 5.91 Å². The van der Waals surface area contributed by atoms with Crippen molar-refractivity contribution in [1.82, 2.24) is 9.97 Å². The minimum Gasteiger partial charge on any atom is -0.371 e. The molecule has 9 nitrogen and oxygen atoms in total. The Morgan fingerprint density at radius 3 is 2.77 bits per heavy atom. The van der Waals surface area contributed by atoms with Crippen molar-refractivity contribution in [1.29, 1.82) is 0 Å². The predicted octanol–water partition coefficient (Wildman–Crippen LogP) is 4.00. The van der Waals surface area contributed by atoms with E-state index in [9.17, 15) is 13.2 Å². The molecule has 4 bridgehead atoms. The fraction of sp³-hybridized carbons (Fsp3) is 0.560. The average molecular weight is 499 g/mol. The van der Waals surface area contributed by atoms with Crippen molar-refractivity contribution in [2.24, 2.45) is 11.3 Å². The maximum atomic E-state index is 13.5. The van der Waals surface area contributed by atoms with Gasteiger partial charge >= 0.3 is 0 Å². The van der Waals surface area contributed by atoms with Gasteiger partial charge in [-0.25, -0.2) is 13.4 Å². The van der Waals surface area contributed by atoms with Crippen molar-refractivity contribution in [3.63, 3.8) is 0 Å². The molecule has 5 rings (SSSR count). The number of anilines is 4. The van der Waals surface area contributed by atoms with Gasteiger partial charge in [-0.1, -0.05) is 6.42 Å². The Hall–Kier alpha value is -2.88. The minimum absolute atomic E-state index is 0.0116. The number of sulfonamides is 1. The first-order valence-electron chi connectivity index (χ1n) is 12.6. The molecule has 2 fully saturated rings. The van der Waals surface area contributed by atoms with E-state index in [1.54, 1.807) is 31.2 Å². The van der Waals surface area contributed by atoms with Gasteiger partial charge in [0.2, 0.25) is 16.0 Å². The number of fused-ring (bicyclic) bond motifs is 7. The summed E-state index contributed by atoms with van der Waals surface area (Å²) in [5.74, 6) is 1.23. The van der Waals surface area contributed by atoms with Crippen LogP contribution in [0.2, 0.25) is 0 Å². The molecule has 0 unspecified atom stereocenters. The minimum atomic E-state index is -3.43. The monoisotopic (exact) mass is 498 g/mol. The van der Waals surface area contributed by atoms with Crippen LogP contribution in [-0.2, 0) is 10.0 Å². The lowest BCUT2D eigenvalue weighted by Gasteiger charge is -2.41. The van der Waals surface area contributed by atoms with E-state index < -0.39 is 10.0 Å². The highest BCUT2D eigenvalue weighted by Gasteiger charge is 2.51. The third-order valence-corrected chi connectivity index (χ3v) is 8.98. The predicted molar refractivity (Wildman–Crippen MR) is 139 cm³/mol. The molecule has 1 aromatic heterocycles. The zero-order valence-electron chi connectivity index (χ0n) is 20.4. The van der Waals surface area contributed by atoms with E-state index in [2.05, 4.69) is 30.2 Å². The Bertz CT molecular complexity index is 1230. The summed E-state index contributed by atoms with van der Waals surface area (Å²) in [7, 11) is -3.43. The maximum absolute atomic E-state index is 13.5. The van der Waals surface area contributed by atoms with Crippen LogP contribution in [0.15, 0.2) is 24.3 Å². The van der Waals surface area contributed by atoms with Crippen LogP contribution in [0.3, 0.4) is 0 Å². The number of amides is 1. The normalized spacial score (nSPS) is 21.7. The second-order valence-electron chi connectivity index (χ2n) is 10.1. The van der Waals surface area contributed by atoms with E-state index >= 15 is 0 Å². The third kappa shape index (κ3) is 5.22. The number of hydrogen-bond acceptors (Lipinski definition) is 7. The summed E-state index contributed by atoms with van der Waals surface area (Å²) in [5, 5.41) is 6.24. The number of aromatic nitrogens is 2. The van der Waals surface area contributed by atoms with Crippen LogP contribution in [0, 0.1) is 18.3 Å². The summed E-state index contributed by atoms with van der Waals surface area (Å²) in [6.45, 7) is 6.01. The molecule has 1 spiro atoms. The first kappa shape index (κ1) is 23.8. The Kier molecular flexibility index (Phi) is 6.33. The molecule has 3 aliphatic rings. The largest absolute Gasteiger partial charge is 0.371 e. The number of piperidine rings is 1. The molecule has 1 amide bonds. The molecule has 10 heteroatoms. The van der Waals surface area contributed by atoms with Gasteiger partial charge in [-0.2, -0.15) is 4.98 Å². The van der Waals surface area contributed by atoms with E-state index in [0.717, 1.165) is 56.7 Å². The van der Waals surface area contributed by atoms with Crippen LogP contribution in [-0.4, -0.2) is 49.7 Å². The van der Waals surface area contributed by atoms with Crippen LogP contribution in [0.4, 0.5) is 23.1 Å². The molecule has 3 heterocycles. The average Bonchev–Trinajstić information content (AvgIpc) is 3.59. The van der Waals surface area contributed by atoms with Gasteiger partial charge in [0.05, 0.1) is 22.7 Å². The fourth-order valence-corrected chi connectivity index (χ4v) is 6.09. The van der Waals surface area contributed by atoms with E-state index in [1.807, 2.05) is 6.92 Å². The van der Waals surface area contributed by atoms with Crippen LogP contribution >= 0.6 is 0 Å². The van der Waals surface area contributed by atoms with E-state index in [1.165, 1.54) is 12.8 Å². The van der Waals surface area contributed by atoms with Crippen LogP contribution in [0.5, 0.6) is 0 Å². The molecule has 1 saturated heterocycles. The molecular formula is C25H34N6O3S. The zero-order chi connectivity index (χ0) is 24.6. The Morgan fingerprint density at radius 2 is 2.00 bits per heavy atom. The molecule has 1 atom stereocenters. The Labute approximate surface area is 207 Å². The summed E-state index contributed by atoms with van der Waals surface area (Å²) < 4.78 is 27.1. The molecule has 2 aliphatic heterocycles. The van der Waals surface area contributed by atoms with E-state index in [0.29, 0.717) is 34.3 Å². The zero-order valence-corrected chi connectivity index (χ0v) is 21.2. The van der Waals surface area contributed by atoms with Crippen LogP contribution in [0.25, 0.3) is 0 Å². The number of nitrogens with zero attached hydrogens (tertiary/aromatic N) is 3. The molecule has 3 N–H and O–H groups in total. The molecule has 188 valence electrons. The van der Waals surface area contributed by atoms with Crippen molar-refractivity contribution in [3.05, 3.63) is 35.5 Å². The molecule has 1 saturated carbocycles. The van der Waals surface area contributed by atoms with Gasteiger partial charge in [0.1, 0.15) is 5.82 Å². The topological polar surface area (TPSA) is 116 Å². The lowest BCUT2D eigenvalue weighted by molar-refractivity contribution is 0.102. The highest BCUT2D eigenvalue weighted by atomic mass is 32.2. The smallest absolute Gasteiger partial charge is 0.258 e. The van der Waals surface area contributed by atoms with Crippen LogP contribution < -0.4 is 20.3 Å². The number of aryl methyl sites for hydroxylation is 1. The lowest BCUT2D eigenvalue weighted by Crippen LogP contribution is -2.42. The Balaban J connectivity index is 1.54. The van der Waals surface area contributed by atoms with Gasteiger partial charge in [0.15, 0.2) is 0 Å². The summed E-state index contributed by atoms with van der Waals surface area (Å²) in [5.41, 5.74) is 2.95. The first-order chi connectivity index (χ1) is 16.8. The van der Waals surface area contributed by atoms with Crippen molar-refractivity contribution < 1.29 is 13.2 Å². The van der Waals surface area contributed by atoms with Gasteiger partial charge < -0.3 is 15.5 Å². The highest BCUT2D eigenvalue weighted by Crippen LogP contribution is 2.58. The molecule has 1 aromatic carbocycles. The first-order valence-corrected chi connectivity index (χ1v) is 14.2. The molecule has 35 heavy (non-hydrogen) atoms. The lowest BCUT2D eigenvalue weighted by atomic mass is 9.79. The molecule has 1 aliphatic carbocycles. The summed E-state index contributed by atoms with van der Waals surface area (Å²) in [6.07, 6.45) is 6.96. The van der Waals surface area contributed by atoms with Gasteiger partial charge in [-0.05, 0) is 75.5 Å². The van der Waals surface area contributed by atoms with E-state index in [4.69, 9.17) is 0 Å². The van der Waals surface area contributed by atoms with Crippen molar-refractivity contribution in [2.45, 2.75) is 52.4 Å². The fourth-order valence-electron chi connectivity index (χ4n) is 5.46. The summed E-state index contributed by atoms with van der Waals surface area (Å²) in [4.78, 5) is 24.7. The molecule has 2 aromatic rings. The number of nitrogens with one attached hydrogen (secondary N) is 3. The SMILES string of the molecule is CCS(=O)(=O)Nc1ccc2c(c1)N1CCC3(CC3)[C@@H](CCCCNc3nc(C)cc(n3)NC2=O)C1. The van der Waals surface area contributed by atoms with Crippen molar-refractivity contribution >= 4 is 39.1 Å². The molecule has 0 radical (unpaired) electrons. The standard InChI is InChI=1S/C25H34N6O3S/c1-3-35(33,34)30-19-7-8-20-21(15-19)31-13-11-25(9-10-25)18(16-31)6-4-5-12-26-24-27-17(2)14-22(29-24)28-23(20)32/h7-8,14-15,18,30H,3-6,9-13,16H2,1-2H3,(H2,26,27,28,29,32)/t18-/m0/s1.